The summed E-state index contributed by atoms with van der Waals surface area (Å²) in [6.45, 7) is 6.18. The number of ether oxygens (including phenoxy) is 1. The molecule has 0 bridgehead atoms. The molecule has 0 aromatic heterocycles. The van der Waals surface area contributed by atoms with Gasteiger partial charge in [0.25, 0.3) is 5.91 Å². The van der Waals surface area contributed by atoms with Gasteiger partial charge in [-0.05, 0) is 43.9 Å². The summed E-state index contributed by atoms with van der Waals surface area (Å²) >= 11 is 0. The highest BCUT2D eigenvalue weighted by molar-refractivity contribution is 5.84. The molecule has 0 saturated heterocycles. The summed E-state index contributed by atoms with van der Waals surface area (Å²) < 4.78 is 5.42. The maximum Gasteiger partial charge on any atom is 0.277 e. The lowest BCUT2D eigenvalue weighted by molar-refractivity contribution is -0.123. The van der Waals surface area contributed by atoms with Crippen LogP contribution in [-0.2, 0) is 11.2 Å². The van der Waals surface area contributed by atoms with E-state index in [1.165, 1.54) is 18.4 Å². The van der Waals surface area contributed by atoms with Gasteiger partial charge >= 0.3 is 0 Å². The third-order valence-electron chi connectivity index (χ3n) is 3.22. The second-order valence-corrected chi connectivity index (χ2v) is 5.13. The number of unbranched alkanes of at least 4 members (excludes halogenated alkanes) is 2. The molecule has 0 spiro atoms. The van der Waals surface area contributed by atoms with E-state index in [1.54, 1.807) is 0 Å². The first kappa shape index (κ1) is 17.2. The van der Waals surface area contributed by atoms with Crippen LogP contribution >= 0.6 is 0 Å². The molecule has 21 heavy (non-hydrogen) atoms. The van der Waals surface area contributed by atoms with Crippen molar-refractivity contribution in [1.82, 2.24) is 5.43 Å². The Morgan fingerprint density at radius 1 is 1.19 bits per heavy atom. The van der Waals surface area contributed by atoms with Crippen LogP contribution in [0.1, 0.15) is 52.0 Å². The number of aryl methyl sites for hydroxylation is 1. The van der Waals surface area contributed by atoms with E-state index in [-0.39, 0.29) is 12.5 Å². The average Bonchev–Trinajstić information content (AvgIpc) is 2.51. The van der Waals surface area contributed by atoms with Crippen molar-refractivity contribution in [3.05, 3.63) is 29.8 Å². The van der Waals surface area contributed by atoms with Crippen LogP contribution < -0.4 is 10.2 Å². The normalized spacial score (nSPS) is 11.3. The van der Waals surface area contributed by atoms with Crippen molar-refractivity contribution in [2.75, 3.05) is 6.61 Å². The van der Waals surface area contributed by atoms with Crippen LogP contribution in [-0.4, -0.2) is 18.2 Å². The lowest BCUT2D eigenvalue weighted by atomic mass is 10.1. The Kier molecular flexibility index (Phi) is 8.17. The Balaban J connectivity index is 2.28. The second kappa shape index (κ2) is 9.97. The summed E-state index contributed by atoms with van der Waals surface area (Å²) in [6.07, 6.45) is 5.41. The highest BCUT2D eigenvalue weighted by Gasteiger charge is 2.02. The minimum Gasteiger partial charge on any atom is -0.484 e. The number of hydrogen-bond acceptors (Lipinski definition) is 3. The molecular weight excluding hydrogens is 264 g/mol. The van der Waals surface area contributed by atoms with Gasteiger partial charge in [0.2, 0.25) is 0 Å². The van der Waals surface area contributed by atoms with E-state index in [4.69, 9.17) is 4.74 Å². The number of nitrogens with zero attached hydrogens (tertiary/aromatic N) is 1. The van der Waals surface area contributed by atoms with E-state index in [9.17, 15) is 4.79 Å². The Hall–Kier alpha value is -1.84. The molecule has 0 radical (unpaired) electrons. The van der Waals surface area contributed by atoms with Crippen LogP contribution in [0.5, 0.6) is 5.75 Å². The van der Waals surface area contributed by atoms with Gasteiger partial charge in [-0.2, -0.15) is 5.10 Å². The first-order valence-corrected chi connectivity index (χ1v) is 7.69. The van der Waals surface area contributed by atoms with Gasteiger partial charge in [-0.1, -0.05) is 38.8 Å². The molecular formula is C17H26N2O2. The molecule has 0 atom stereocenters. The largest absolute Gasteiger partial charge is 0.484 e. The molecule has 4 heteroatoms. The zero-order valence-electron chi connectivity index (χ0n) is 13.3. The third kappa shape index (κ3) is 7.49. The molecule has 0 aliphatic carbocycles. The van der Waals surface area contributed by atoms with E-state index in [0.29, 0.717) is 5.75 Å². The predicted molar refractivity (Wildman–Crippen MR) is 86.7 cm³/mol. The fourth-order valence-electron chi connectivity index (χ4n) is 1.85. The van der Waals surface area contributed by atoms with Gasteiger partial charge in [0, 0.05) is 5.71 Å². The van der Waals surface area contributed by atoms with E-state index >= 15 is 0 Å². The minimum absolute atomic E-state index is 0.0167. The van der Waals surface area contributed by atoms with E-state index in [0.717, 1.165) is 25.0 Å². The van der Waals surface area contributed by atoms with E-state index < -0.39 is 0 Å². The molecule has 0 fully saturated rings. The lowest BCUT2D eigenvalue weighted by Gasteiger charge is -2.06. The number of hydrogen-bond donors (Lipinski definition) is 1. The summed E-state index contributed by atoms with van der Waals surface area (Å²) in [5.41, 5.74) is 4.72. The zero-order valence-corrected chi connectivity index (χ0v) is 13.3. The maximum absolute atomic E-state index is 11.6. The monoisotopic (exact) mass is 290 g/mol. The van der Waals surface area contributed by atoms with E-state index in [2.05, 4.69) is 24.4 Å². The second-order valence-electron chi connectivity index (χ2n) is 5.13. The molecule has 0 aliphatic heterocycles. The Bertz CT molecular complexity index is 452. The number of carbonyl (C=O) groups excluding carboxylic acids is 1. The SMILES string of the molecule is CCCCC/C(C)=N/NC(=O)COc1ccc(CC)cc1. The van der Waals surface area contributed by atoms with Gasteiger partial charge in [-0.15, -0.1) is 0 Å². The molecule has 0 saturated carbocycles. The van der Waals surface area contributed by atoms with Crippen molar-refractivity contribution in [2.24, 2.45) is 5.10 Å². The van der Waals surface area contributed by atoms with Crippen LogP contribution in [0, 0.1) is 0 Å². The molecule has 0 unspecified atom stereocenters. The maximum atomic E-state index is 11.6. The zero-order chi connectivity index (χ0) is 15.5. The van der Waals surface area contributed by atoms with Crippen molar-refractivity contribution >= 4 is 11.6 Å². The highest BCUT2D eigenvalue weighted by atomic mass is 16.5. The quantitative estimate of drug-likeness (QED) is 0.428. The van der Waals surface area contributed by atoms with Gasteiger partial charge in [0.15, 0.2) is 6.61 Å². The van der Waals surface area contributed by atoms with Gasteiger partial charge in [-0.3, -0.25) is 4.79 Å². The Morgan fingerprint density at radius 2 is 1.90 bits per heavy atom. The molecule has 1 aromatic carbocycles. The van der Waals surface area contributed by atoms with E-state index in [1.807, 2.05) is 31.2 Å². The summed E-state index contributed by atoms with van der Waals surface area (Å²) in [5.74, 6) is 0.468. The Labute approximate surface area is 127 Å². The van der Waals surface area contributed by atoms with Crippen molar-refractivity contribution in [1.29, 1.82) is 0 Å². The fourth-order valence-corrected chi connectivity index (χ4v) is 1.85. The number of benzene rings is 1. The first-order chi connectivity index (χ1) is 10.2. The summed E-state index contributed by atoms with van der Waals surface area (Å²) in [4.78, 5) is 11.6. The standard InChI is InChI=1S/C17H26N2O2/c1-4-6-7-8-14(3)18-19-17(20)13-21-16-11-9-15(5-2)10-12-16/h9-12H,4-8,13H2,1-3H3,(H,19,20)/b18-14+. The molecule has 0 heterocycles. The summed E-state index contributed by atoms with van der Waals surface area (Å²) in [6, 6.07) is 7.77. The molecule has 116 valence electrons. The number of rotatable bonds is 9. The van der Waals surface area contributed by atoms with Gasteiger partial charge in [0.05, 0.1) is 0 Å². The molecule has 4 nitrogen and oxygen atoms in total. The number of carbonyl (C=O) groups is 1. The molecule has 1 amide bonds. The van der Waals surface area contributed by atoms with Crippen molar-refractivity contribution in [3.63, 3.8) is 0 Å². The Morgan fingerprint density at radius 3 is 2.52 bits per heavy atom. The van der Waals surface area contributed by atoms with Crippen LogP contribution in [0.3, 0.4) is 0 Å². The van der Waals surface area contributed by atoms with Crippen LogP contribution in [0.4, 0.5) is 0 Å². The van der Waals surface area contributed by atoms with Crippen LogP contribution in [0.2, 0.25) is 0 Å². The van der Waals surface area contributed by atoms with Crippen LogP contribution in [0.25, 0.3) is 0 Å². The smallest absolute Gasteiger partial charge is 0.277 e. The topological polar surface area (TPSA) is 50.7 Å². The number of nitrogens with one attached hydrogen (secondary N) is 1. The van der Waals surface area contributed by atoms with Gasteiger partial charge < -0.3 is 4.74 Å². The van der Waals surface area contributed by atoms with Crippen molar-refractivity contribution < 1.29 is 9.53 Å². The summed E-state index contributed by atoms with van der Waals surface area (Å²) in [7, 11) is 0. The molecule has 0 aliphatic rings. The molecule has 1 N–H and O–H groups in total. The molecule has 1 aromatic rings. The summed E-state index contributed by atoms with van der Waals surface area (Å²) in [5, 5.41) is 4.07. The first-order valence-electron chi connectivity index (χ1n) is 7.69. The minimum atomic E-state index is -0.232. The fraction of sp³-hybridized carbons (Fsp3) is 0.529. The predicted octanol–water partition coefficient (Wildman–Crippen LogP) is 3.70. The molecule has 1 rings (SSSR count). The highest BCUT2D eigenvalue weighted by Crippen LogP contribution is 2.12. The van der Waals surface area contributed by atoms with Gasteiger partial charge in [-0.25, -0.2) is 5.43 Å². The van der Waals surface area contributed by atoms with Crippen molar-refractivity contribution in [2.45, 2.75) is 52.9 Å². The third-order valence-corrected chi connectivity index (χ3v) is 3.22. The van der Waals surface area contributed by atoms with Crippen molar-refractivity contribution in [3.8, 4) is 5.75 Å². The van der Waals surface area contributed by atoms with Crippen LogP contribution in [0.15, 0.2) is 29.4 Å². The lowest BCUT2D eigenvalue weighted by Crippen LogP contribution is -2.25. The number of amides is 1. The average molecular weight is 290 g/mol. The van der Waals surface area contributed by atoms with Gasteiger partial charge in [0.1, 0.15) is 5.75 Å². The number of hydrazone groups is 1.